The molecule has 17 heavy (non-hydrogen) atoms. The van der Waals surface area contributed by atoms with Crippen LogP contribution in [0.25, 0.3) is 0 Å². The number of rotatable bonds is 4. The Labute approximate surface area is 110 Å². The zero-order valence-electron chi connectivity index (χ0n) is 10.2. The zero-order valence-corrected chi connectivity index (χ0v) is 11.8. The Morgan fingerprint density at radius 2 is 2.24 bits per heavy atom. The van der Waals surface area contributed by atoms with Crippen LogP contribution in [0.3, 0.4) is 0 Å². The van der Waals surface area contributed by atoms with E-state index in [9.17, 15) is 9.90 Å². The Balaban J connectivity index is 2.59. The smallest absolute Gasteiger partial charge is 0.252 e. The van der Waals surface area contributed by atoms with Crippen LogP contribution in [0.5, 0.6) is 0 Å². The van der Waals surface area contributed by atoms with E-state index in [1.807, 2.05) is 13.8 Å². The third-order valence-corrected chi connectivity index (χ3v) is 3.31. The zero-order chi connectivity index (χ0) is 13.1. The van der Waals surface area contributed by atoms with E-state index in [2.05, 4.69) is 26.2 Å². The van der Waals surface area contributed by atoms with Gasteiger partial charge in [0.15, 0.2) is 0 Å². The van der Waals surface area contributed by atoms with E-state index in [-0.39, 0.29) is 18.4 Å². The number of halogens is 1. The number of aliphatic hydroxyl groups is 1. The van der Waals surface area contributed by atoms with Gasteiger partial charge in [0.25, 0.3) is 5.91 Å². The number of aromatic nitrogens is 1. The third-order valence-electron chi connectivity index (χ3n) is 2.84. The van der Waals surface area contributed by atoms with E-state index in [0.717, 1.165) is 0 Å². The topological polar surface area (TPSA) is 62.2 Å². The third kappa shape index (κ3) is 4.09. The van der Waals surface area contributed by atoms with E-state index in [1.54, 1.807) is 19.1 Å². The van der Waals surface area contributed by atoms with Crippen molar-refractivity contribution in [2.24, 2.45) is 5.92 Å². The van der Waals surface area contributed by atoms with Crippen LogP contribution in [0.15, 0.2) is 22.9 Å². The number of hydrogen-bond donors (Lipinski definition) is 2. The molecule has 1 unspecified atom stereocenters. The van der Waals surface area contributed by atoms with Crippen molar-refractivity contribution in [1.82, 2.24) is 10.3 Å². The number of carbonyl (C=O) groups excluding carboxylic acids is 1. The first-order valence-corrected chi connectivity index (χ1v) is 6.24. The van der Waals surface area contributed by atoms with Crippen molar-refractivity contribution >= 4 is 21.8 Å². The van der Waals surface area contributed by atoms with Crippen LogP contribution in [0.1, 0.15) is 31.1 Å². The van der Waals surface area contributed by atoms with E-state index in [0.29, 0.717) is 10.2 Å². The van der Waals surface area contributed by atoms with Gasteiger partial charge in [0, 0.05) is 12.7 Å². The van der Waals surface area contributed by atoms with Crippen molar-refractivity contribution in [3.05, 3.63) is 28.5 Å². The van der Waals surface area contributed by atoms with Crippen LogP contribution in [0.2, 0.25) is 0 Å². The Morgan fingerprint density at radius 1 is 1.59 bits per heavy atom. The fourth-order valence-electron chi connectivity index (χ4n) is 1.08. The van der Waals surface area contributed by atoms with Crippen LogP contribution >= 0.6 is 15.9 Å². The molecule has 2 N–H and O–H groups in total. The molecule has 0 radical (unpaired) electrons. The molecule has 1 heterocycles. The molecule has 0 aromatic carbocycles. The van der Waals surface area contributed by atoms with Gasteiger partial charge in [0.1, 0.15) is 4.60 Å². The highest BCUT2D eigenvalue weighted by molar-refractivity contribution is 9.10. The standard InChI is InChI=1S/C12H17BrN2O2/c1-8(2)12(3,17)7-15-11(16)9-4-5-10(13)14-6-9/h4-6,8,17H,7H2,1-3H3,(H,15,16). The summed E-state index contributed by atoms with van der Waals surface area (Å²) in [6, 6.07) is 3.38. The fraction of sp³-hybridized carbons (Fsp3) is 0.500. The minimum atomic E-state index is -0.904. The second-order valence-electron chi connectivity index (χ2n) is 4.56. The lowest BCUT2D eigenvalue weighted by atomic mass is 9.92. The van der Waals surface area contributed by atoms with Gasteiger partial charge in [-0.3, -0.25) is 4.79 Å². The van der Waals surface area contributed by atoms with E-state index < -0.39 is 5.60 Å². The maximum absolute atomic E-state index is 11.7. The highest BCUT2D eigenvalue weighted by atomic mass is 79.9. The molecule has 1 aromatic heterocycles. The Hall–Kier alpha value is -0.940. The van der Waals surface area contributed by atoms with Crippen LogP contribution in [0, 0.1) is 5.92 Å². The maximum atomic E-state index is 11.7. The summed E-state index contributed by atoms with van der Waals surface area (Å²) in [6.07, 6.45) is 1.49. The van der Waals surface area contributed by atoms with E-state index in [1.165, 1.54) is 6.20 Å². The average molecular weight is 301 g/mol. The molecule has 0 fully saturated rings. The molecule has 0 spiro atoms. The predicted molar refractivity (Wildman–Crippen MR) is 69.7 cm³/mol. The molecule has 1 amide bonds. The maximum Gasteiger partial charge on any atom is 0.252 e. The van der Waals surface area contributed by atoms with Crippen molar-refractivity contribution in [3.8, 4) is 0 Å². The Morgan fingerprint density at radius 3 is 2.71 bits per heavy atom. The first kappa shape index (κ1) is 14.1. The minimum Gasteiger partial charge on any atom is -0.388 e. The van der Waals surface area contributed by atoms with Gasteiger partial charge in [-0.25, -0.2) is 4.98 Å². The summed E-state index contributed by atoms with van der Waals surface area (Å²) in [5.74, 6) is -0.156. The molecule has 1 atom stereocenters. The summed E-state index contributed by atoms with van der Waals surface area (Å²) in [4.78, 5) is 15.7. The van der Waals surface area contributed by atoms with Gasteiger partial charge in [-0.2, -0.15) is 0 Å². The lowest BCUT2D eigenvalue weighted by Crippen LogP contribution is -2.44. The summed E-state index contributed by atoms with van der Waals surface area (Å²) >= 11 is 3.20. The second kappa shape index (κ2) is 5.60. The lowest BCUT2D eigenvalue weighted by molar-refractivity contribution is 0.0142. The normalized spacial score (nSPS) is 14.5. The average Bonchev–Trinajstić information content (AvgIpc) is 2.27. The molecule has 4 nitrogen and oxygen atoms in total. The SMILES string of the molecule is CC(C)C(C)(O)CNC(=O)c1ccc(Br)nc1. The summed E-state index contributed by atoms with van der Waals surface area (Å²) in [5.41, 5.74) is -0.425. The molecule has 0 aliphatic heterocycles. The summed E-state index contributed by atoms with van der Waals surface area (Å²) in [5, 5.41) is 12.7. The number of carbonyl (C=O) groups is 1. The molecule has 0 bridgehead atoms. The van der Waals surface area contributed by atoms with Gasteiger partial charge >= 0.3 is 0 Å². The number of pyridine rings is 1. The van der Waals surface area contributed by atoms with Gasteiger partial charge in [-0.15, -0.1) is 0 Å². The van der Waals surface area contributed by atoms with Crippen molar-refractivity contribution in [3.63, 3.8) is 0 Å². The van der Waals surface area contributed by atoms with Crippen molar-refractivity contribution in [1.29, 1.82) is 0 Å². The molecular weight excluding hydrogens is 284 g/mol. The molecule has 0 saturated carbocycles. The minimum absolute atomic E-state index is 0.0749. The Kier molecular flexibility index (Phi) is 4.65. The predicted octanol–water partition coefficient (Wildman–Crippen LogP) is 1.98. The molecule has 1 aromatic rings. The molecule has 0 aliphatic rings. The number of amides is 1. The molecular formula is C12H17BrN2O2. The van der Waals surface area contributed by atoms with E-state index in [4.69, 9.17) is 0 Å². The molecule has 0 saturated heterocycles. The van der Waals surface area contributed by atoms with Crippen LogP contribution in [-0.2, 0) is 0 Å². The van der Waals surface area contributed by atoms with Crippen LogP contribution < -0.4 is 5.32 Å². The number of nitrogens with one attached hydrogen (secondary N) is 1. The van der Waals surface area contributed by atoms with Gasteiger partial charge < -0.3 is 10.4 Å². The van der Waals surface area contributed by atoms with Crippen LogP contribution in [0.4, 0.5) is 0 Å². The summed E-state index contributed by atoms with van der Waals surface area (Å²) < 4.78 is 0.684. The molecule has 5 heteroatoms. The monoisotopic (exact) mass is 300 g/mol. The highest BCUT2D eigenvalue weighted by Crippen LogP contribution is 2.14. The first-order chi connectivity index (χ1) is 7.83. The lowest BCUT2D eigenvalue weighted by Gasteiger charge is -2.27. The van der Waals surface area contributed by atoms with E-state index >= 15 is 0 Å². The second-order valence-corrected chi connectivity index (χ2v) is 5.38. The molecule has 1 rings (SSSR count). The molecule has 94 valence electrons. The first-order valence-electron chi connectivity index (χ1n) is 5.45. The van der Waals surface area contributed by atoms with Crippen LogP contribution in [-0.4, -0.2) is 28.1 Å². The summed E-state index contributed by atoms with van der Waals surface area (Å²) in [6.45, 7) is 5.75. The molecule has 0 aliphatic carbocycles. The van der Waals surface area contributed by atoms with Crippen molar-refractivity contribution in [2.75, 3.05) is 6.54 Å². The Bertz CT molecular complexity index is 388. The fourth-order valence-corrected chi connectivity index (χ4v) is 1.31. The van der Waals surface area contributed by atoms with Crippen molar-refractivity contribution < 1.29 is 9.90 Å². The number of nitrogens with zero attached hydrogens (tertiary/aromatic N) is 1. The van der Waals surface area contributed by atoms with Gasteiger partial charge in [-0.05, 0) is 40.9 Å². The van der Waals surface area contributed by atoms with Gasteiger partial charge in [-0.1, -0.05) is 13.8 Å². The van der Waals surface area contributed by atoms with Gasteiger partial charge in [0.05, 0.1) is 11.2 Å². The largest absolute Gasteiger partial charge is 0.388 e. The quantitative estimate of drug-likeness (QED) is 0.836. The van der Waals surface area contributed by atoms with Crippen molar-refractivity contribution in [2.45, 2.75) is 26.4 Å². The van der Waals surface area contributed by atoms with Gasteiger partial charge in [0.2, 0.25) is 0 Å². The summed E-state index contributed by atoms with van der Waals surface area (Å²) in [7, 11) is 0. The highest BCUT2D eigenvalue weighted by Gasteiger charge is 2.25. The number of hydrogen-bond acceptors (Lipinski definition) is 3.